The van der Waals surface area contributed by atoms with Crippen LogP contribution in [0.1, 0.15) is 17.2 Å². The summed E-state index contributed by atoms with van der Waals surface area (Å²) in [6, 6.07) is 3.93. The number of alkyl halides is 2. The zero-order valence-corrected chi connectivity index (χ0v) is 8.04. The number of nitrogens with two attached hydrogens (primary N) is 1. The number of hydrazine groups is 1. The second kappa shape index (κ2) is 4.12. The smallest absolute Gasteiger partial charge is 0.259 e. The number of halogens is 2. The Kier molecular flexibility index (Phi) is 2.83. The lowest BCUT2D eigenvalue weighted by Crippen LogP contribution is -2.32. The zero-order chi connectivity index (χ0) is 10.8. The number of hydrogen-bond acceptors (Lipinski definition) is 3. The standard InChI is InChI=1S/C10H12F2N2O/c11-10(12)9(14-13)7-1-2-8-6(5-7)3-4-15-8/h1-2,5,9-10,14H,3-4,13H2. The predicted octanol–water partition coefficient (Wildman–Crippen LogP) is 1.39. The van der Waals surface area contributed by atoms with Gasteiger partial charge >= 0.3 is 0 Å². The number of ether oxygens (including phenoxy) is 1. The summed E-state index contributed by atoms with van der Waals surface area (Å²) in [5.74, 6) is 5.87. The third-order valence-corrected chi connectivity index (χ3v) is 2.50. The molecule has 0 fully saturated rings. The van der Waals surface area contributed by atoms with Crippen LogP contribution >= 0.6 is 0 Å². The maximum Gasteiger partial charge on any atom is 0.259 e. The minimum Gasteiger partial charge on any atom is -0.493 e. The van der Waals surface area contributed by atoms with E-state index in [0.717, 1.165) is 17.7 Å². The van der Waals surface area contributed by atoms with Gasteiger partial charge in [0, 0.05) is 6.42 Å². The molecule has 1 atom stereocenters. The minimum atomic E-state index is -2.52. The first-order valence-electron chi connectivity index (χ1n) is 4.72. The van der Waals surface area contributed by atoms with Crippen LogP contribution in [0.15, 0.2) is 18.2 Å². The average Bonchev–Trinajstić information content (AvgIpc) is 2.65. The molecule has 1 aromatic carbocycles. The SMILES string of the molecule is NNC(c1ccc2c(c1)CCO2)C(F)F. The molecule has 0 aromatic heterocycles. The molecule has 0 saturated heterocycles. The summed E-state index contributed by atoms with van der Waals surface area (Å²) in [6.07, 6.45) is -1.75. The van der Waals surface area contributed by atoms with E-state index in [1.54, 1.807) is 18.2 Å². The number of fused-ring (bicyclic) bond motifs is 1. The third kappa shape index (κ3) is 1.93. The van der Waals surface area contributed by atoms with Crippen LogP contribution in [0, 0.1) is 0 Å². The molecule has 0 radical (unpaired) electrons. The van der Waals surface area contributed by atoms with E-state index in [1.165, 1.54) is 0 Å². The molecule has 82 valence electrons. The van der Waals surface area contributed by atoms with Gasteiger partial charge in [-0.25, -0.2) is 14.2 Å². The number of nitrogens with one attached hydrogen (secondary N) is 1. The van der Waals surface area contributed by atoms with E-state index in [4.69, 9.17) is 10.6 Å². The van der Waals surface area contributed by atoms with Crippen LogP contribution in [-0.4, -0.2) is 13.0 Å². The lowest BCUT2D eigenvalue weighted by molar-refractivity contribution is 0.0986. The minimum absolute atomic E-state index is 0.497. The van der Waals surface area contributed by atoms with E-state index in [1.807, 2.05) is 0 Å². The Morgan fingerprint density at radius 3 is 2.87 bits per heavy atom. The van der Waals surface area contributed by atoms with Crippen molar-refractivity contribution < 1.29 is 13.5 Å². The fraction of sp³-hybridized carbons (Fsp3) is 0.400. The van der Waals surface area contributed by atoms with Gasteiger partial charge in [-0.1, -0.05) is 12.1 Å². The molecule has 1 aliphatic rings. The van der Waals surface area contributed by atoms with Gasteiger partial charge in [-0.05, 0) is 17.2 Å². The molecule has 0 aliphatic carbocycles. The molecule has 0 saturated carbocycles. The van der Waals surface area contributed by atoms with Gasteiger partial charge in [-0.3, -0.25) is 5.84 Å². The summed E-state index contributed by atoms with van der Waals surface area (Å²) in [5, 5.41) is 0. The first-order valence-corrected chi connectivity index (χ1v) is 4.72. The largest absolute Gasteiger partial charge is 0.493 e. The topological polar surface area (TPSA) is 47.3 Å². The summed E-state index contributed by atoms with van der Waals surface area (Å²) < 4.78 is 30.4. The van der Waals surface area contributed by atoms with Crippen molar-refractivity contribution in [2.75, 3.05) is 6.61 Å². The Bertz CT molecular complexity index is 357. The highest BCUT2D eigenvalue weighted by Crippen LogP contribution is 2.29. The second-order valence-corrected chi connectivity index (χ2v) is 3.44. The highest BCUT2D eigenvalue weighted by molar-refractivity contribution is 5.40. The normalized spacial score (nSPS) is 16.3. The molecule has 2 rings (SSSR count). The molecule has 1 aliphatic heterocycles. The quantitative estimate of drug-likeness (QED) is 0.590. The van der Waals surface area contributed by atoms with Crippen molar-refractivity contribution in [2.45, 2.75) is 18.9 Å². The van der Waals surface area contributed by atoms with Crippen LogP contribution in [-0.2, 0) is 6.42 Å². The van der Waals surface area contributed by atoms with Gasteiger partial charge < -0.3 is 4.74 Å². The molecule has 0 amide bonds. The maximum absolute atomic E-state index is 12.6. The van der Waals surface area contributed by atoms with Gasteiger partial charge in [0.25, 0.3) is 6.43 Å². The van der Waals surface area contributed by atoms with Crippen molar-refractivity contribution in [3.8, 4) is 5.75 Å². The summed E-state index contributed by atoms with van der Waals surface area (Å²) in [5.41, 5.74) is 3.58. The maximum atomic E-state index is 12.6. The summed E-state index contributed by atoms with van der Waals surface area (Å²) in [7, 11) is 0. The molecule has 1 heterocycles. The zero-order valence-electron chi connectivity index (χ0n) is 8.04. The predicted molar refractivity (Wildman–Crippen MR) is 51.7 cm³/mol. The fourth-order valence-electron chi connectivity index (χ4n) is 1.71. The van der Waals surface area contributed by atoms with Crippen molar-refractivity contribution in [1.29, 1.82) is 0 Å². The third-order valence-electron chi connectivity index (χ3n) is 2.50. The monoisotopic (exact) mass is 214 g/mol. The Morgan fingerprint density at radius 2 is 2.20 bits per heavy atom. The van der Waals surface area contributed by atoms with Crippen LogP contribution in [0.25, 0.3) is 0 Å². The van der Waals surface area contributed by atoms with E-state index >= 15 is 0 Å². The molecule has 1 unspecified atom stereocenters. The van der Waals surface area contributed by atoms with Crippen LogP contribution < -0.4 is 16.0 Å². The molecule has 3 nitrogen and oxygen atoms in total. The van der Waals surface area contributed by atoms with Crippen molar-refractivity contribution >= 4 is 0 Å². The van der Waals surface area contributed by atoms with Crippen molar-refractivity contribution in [2.24, 2.45) is 5.84 Å². The van der Waals surface area contributed by atoms with E-state index in [0.29, 0.717) is 12.2 Å². The van der Waals surface area contributed by atoms with E-state index in [9.17, 15) is 8.78 Å². The molecular weight excluding hydrogens is 202 g/mol. The van der Waals surface area contributed by atoms with Gasteiger partial charge in [0.1, 0.15) is 11.8 Å². The van der Waals surface area contributed by atoms with Gasteiger partial charge in [-0.15, -0.1) is 0 Å². The Labute approximate surface area is 86.2 Å². The number of hydrogen-bond donors (Lipinski definition) is 2. The Hall–Kier alpha value is -1.20. The van der Waals surface area contributed by atoms with Crippen LogP contribution in [0.3, 0.4) is 0 Å². The van der Waals surface area contributed by atoms with Crippen LogP contribution in [0.4, 0.5) is 8.78 Å². The van der Waals surface area contributed by atoms with Gasteiger partial charge in [0.05, 0.1) is 6.61 Å². The van der Waals surface area contributed by atoms with E-state index < -0.39 is 12.5 Å². The fourth-order valence-corrected chi connectivity index (χ4v) is 1.71. The summed E-state index contributed by atoms with van der Waals surface area (Å²) in [4.78, 5) is 0. The summed E-state index contributed by atoms with van der Waals surface area (Å²) >= 11 is 0. The lowest BCUT2D eigenvalue weighted by Gasteiger charge is -2.15. The Balaban J connectivity index is 2.28. The first kappa shape index (κ1) is 10.3. The average molecular weight is 214 g/mol. The highest BCUT2D eigenvalue weighted by Gasteiger charge is 2.22. The van der Waals surface area contributed by atoms with Gasteiger partial charge in [-0.2, -0.15) is 0 Å². The number of rotatable bonds is 3. The van der Waals surface area contributed by atoms with Crippen LogP contribution in [0.2, 0.25) is 0 Å². The highest BCUT2D eigenvalue weighted by atomic mass is 19.3. The van der Waals surface area contributed by atoms with Crippen molar-refractivity contribution in [3.63, 3.8) is 0 Å². The number of benzene rings is 1. The molecule has 5 heteroatoms. The summed E-state index contributed by atoms with van der Waals surface area (Å²) in [6.45, 7) is 0.619. The molecule has 0 spiro atoms. The van der Waals surface area contributed by atoms with Gasteiger partial charge in [0.2, 0.25) is 0 Å². The molecule has 3 N–H and O–H groups in total. The first-order chi connectivity index (χ1) is 7.22. The van der Waals surface area contributed by atoms with Crippen molar-refractivity contribution in [1.82, 2.24) is 5.43 Å². The van der Waals surface area contributed by atoms with Gasteiger partial charge in [0.15, 0.2) is 0 Å². The molecule has 15 heavy (non-hydrogen) atoms. The Morgan fingerprint density at radius 1 is 1.40 bits per heavy atom. The van der Waals surface area contributed by atoms with Crippen LogP contribution in [0.5, 0.6) is 5.75 Å². The van der Waals surface area contributed by atoms with E-state index in [-0.39, 0.29) is 0 Å². The molecular formula is C10H12F2N2O. The van der Waals surface area contributed by atoms with E-state index in [2.05, 4.69) is 5.43 Å². The van der Waals surface area contributed by atoms with Crippen molar-refractivity contribution in [3.05, 3.63) is 29.3 Å². The lowest BCUT2D eigenvalue weighted by atomic mass is 10.0. The molecule has 1 aromatic rings. The second-order valence-electron chi connectivity index (χ2n) is 3.44. The molecule has 0 bridgehead atoms.